The van der Waals surface area contributed by atoms with Gasteiger partial charge in [0, 0.05) is 13.0 Å². The molecule has 0 amide bonds. The third-order valence-corrected chi connectivity index (χ3v) is 3.03. The van der Waals surface area contributed by atoms with Gasteiger partial charge in [0.15, 0.2) is 0 Å². The number of aliphatic hydroxyl groups excluding tert-OH is 1. The van der Waals surface area contributed by atoms with Gasteiger partial charge < -0.3 is 9.84 Å². The summed E-state index contributed by atoms with van der Waals surface area (Å²) in [6, 6.07) is 0. The van der Waals surface area contributed by atoms with E-state index in [0.29, 0.717) is 11.8 Å². The Bertz CT molecular complexity index is 171. The van der Waals surface area contributed by atoms with E-state index in [4.69, 9.17) is 4.74 Å². The van der Waals surface area contributed by atoms with Gasteiger partial charge in [-0.2, -0.15) is 0 Å². The molecule has 0 aliphatic carbocycles. The van der Waals surface area contributed by atoms with Crippen LogP contribution in [0.2, 0.25) is 0 Å². The molecule has 15 heavy (non-hydrogen) atoms. The first-order valence-electron chi connectivity index (χ1n) is 6.25. The molecule has 0 radical (unpaired) electrons. The fourth-order valence-electron chi connectivity index (χ4n) is 2.86. The van der Waals surface area contributed by atoms with Gasteiger partial charge in [-0.15, -0.1) is 0 Å². The first-order valence-corrected chi connectivity index (χ1v) is 6.25. The second-order valence-corrected chi connectivity index (χ2v) is 5.87. The Kier molecular flexibility index (Phi) is 4.60. The molecule has 1 N–H and O–H groups in total. The average Bonchev–Trinajstić information content (AvgIpc) is 1.99. The molecule has 1 unspecified atom stereocenters. The van der Waals surface area contributed by atoms with E-state index in [2.05, 4.69) is 27.7 Å². The van der Waals surface area contributed by atoms with Crippen LogP contribution in [0.1, 0.15) is 53.4 Å². The topological polar surface area (TPSA) is 29.5 Å². The lowest BCUT2D eigenvalue weighted by Gasteiger charge is -2.42. The van der Waals surface area contributed by atoms with E-state index >= 15 is 0 Å². The Hall–Kier alpha value is -0.0800. The molecule has 0 aromatic carbocycles. The molecule has 1 saturated heterocycles. The van der Waals surface area contributed by atoms with Crippen LogP contribution in [0.25, 0.3) is 0 Å². The van der Waals surface area contributed by atoms with Crippen molar-refractivity contribution in [3.63, 3.8) is 0 Å². The van der Waals surface area contributed by atoms with E-state index in [0.717, 1.165) is 32.3 Å². The highest BCUT2D eigenvalue weighted by Gasteiger charge is 2.37. The minimum Gasteiger partial charge on any atom is -0.393 e. The van der Waals surface area contributed by atoms with Gasteiger partial charge in [-0.3, -0.25) is 0 Å². The maximum atomic E-state index is 9.79. The summed E-state index contributed by atoms with van der Waals surface area (Å²) in [5.74, 6) is 1.27. The molecule has 90 valence electrons. The first-order chi connectivity index (χ1) is 6.93. The van der Waals surface area contributed by atoms with E-state index in [1.54, 1.807) is 0 Å². The summed E-state index contributed by atoms with van der Waals surface area (Å²) in [7, 11) is 0. The minimum absolute atomic E-state index is 0.0556. The van der Waals surface area contributed by atoms with Gasteiger partial charge in [0.25, 0.3) is 0 Å². The number of hydrogen-bond donors (Lipinski definition) is 1. The molecule has 1 rings (SSSR count). The van der Waals surface area contributed by atoms with Crippen molar-refractivity contribution in [2.75, 3.05) is 6.61 Å². The molecule has 1 fully saturated rings. The molecule has 1 aliphatic rings. The lowest BCUT2D eigenvalue weighted by Crippen LogP contribution is -2.43. The zero-order chi connectivity index (χ0) is 11.5. The van der Waals surface area contributed by atoms with Crippen molar-refractivity contribution < 1.29 is 9.84 Å². The summed E-state index contributed by atoms with van der Waals surface area (Å²) in [6.45, 7) is 9.64. The molecule has 0 bridgehead atoms. The summed E-state index contributed by atoms with van der Waals surface area (Å²) < 4.78 is 6.00. The first kappa shape index (κ1) is 13.0. The average molecular weight is 214 g/mol. The molecule has 0 saturated carbocycles. The smallest absolute Gasteiger partial charge is 0.0712 e. The van der Waals surface area contributed by atoms with Gasteiger partial charge in [0.1, 0.15) is 0 Å². The zero-order valence-electron chi connectivity index (χ0n) is 10.6. The standard InChI is InChI=1S/C13H26O2/c1-10(2)7-13(8-11(3)4)9-12(14)5-6-15-13/h10-12,14H,5-9H2,1-4H3. The molecule has 2 nitrogen and oxygen atoms in total. The Labute approximate surface area is 94.0 Å². The Morgan fingerprint density at radius 2 is 1.73 bits per heavy atom. The van der Waals surface area contributed by atoms with E-state index in [-0.39, 0.29) is 11.7 Å². The van der Waals surface area contributed by atoms with E-state index in [1.807, 2.05) is 0 Å². The molecule has 0 aromatic heterocycles. The van der Waals surface area contributed by atoms with Crippen LogP contribution < -0.4 is 0 Å². The van der Waals surface area contributed by atoms with Gasteiger partial charge in [-0.25, -0.2) is 0 Å². The van der Waals surface area contributed by atoms with Crippen molar-refractivity contribution in [3.8, 4) is 0 Å². The summed E-state index contributed by atoms with van der Waals surface area (Å²) in [5, 5.41) is 9.79. The van der Waals surface area contributed by atoms with Crippen molar-refractivity contribution >= 4 is 0 Å². The maximum Gasteiger partial charge on any atom is 0.0712 e. The summed E-state index contributed by atoms with van der Waals surface area (Å²) in [5.41, 5.74) is -0.0556. The second-order valence-electron chi connectivity index (χ2n) is 5.87. The van der Waals surface area contributed by atoms with Crippen molar-refractivity contribution in [2.24, 2.45) is 11.8 Å². The fraction of sp³-hybridized carbons (Fsp3) is 1.00. The quantitative estimate of drug-likeness (QED) is 0.779. The van der Waals surface area contributed by atoms with Crippen molar-refractivity contribution in [2.45, 2.75) is 65.1 Å². The lowest BCUT2D eigenvalue weighted by atomic mass is 9.79. The number of hydrogen-bond acceptors (Lipinski definition) is 2. The highest BCUT2D eigenvalue weighted by atomic mass is 16.5. The largest absolute Gasteiger partial charge is 0.393 e. The van der Waals surface area contributed by atoms with Crippen molar-refractivity contribution in [1.29, 1.82) is 0 Å². The Morgan fingerprint density at radius 1 is 1.20 bits per heavy atom. The third kappa shape index (κ3) is 4.12. The van der Waals surface area contributed by atoms with Crippen LogP contribution in [0.3, 0.4) is 0 Å². The predicted octanol–water partition coefficient (Wildman–Crippen LogP) is 2.99. The second kappa shape index (κ2) is 5.31. The van der Waals surface area contributed by atoms with Crippen molar-refractivity contribution in [3.05, 3.63) is 0 Å². The SMILES string of the molecule is CC(C)CC1(CC(C)C)CC(O)CCO1. The number of ether oxygens (including phenoxy) is 1. The van der Waals surface area contributed by atoms with Crippen LogP contribution >= 0.6 is 0 Å². The minimum atomic E-state index is -0.156. The molecule has 1 atom stereocenters. The predicted molar refractivity (Wildman–Crippen MR) is 62.8 cm³/mol. The van der Waals surface area contributed by atoms with Crippen LogP contribution in [0, 0.1) is 11.8 Å². The monoisotopic (exact) mass is 214 g/mol. The Morgan fingerprint density at radius 3 is 2.13 bits per heavy atom. The zero-order valence-corrected chi connectivity index (χ0v) is 10.6. The molecular formula is C13H26O2. The normalized spacial score (nSPS) is 26.2. The third-order valence-electron chi connectivity index (χ3n) is 3.03. The van der Waals surface area contributed by atoms with Gasteiger partial charge >= 0.3 is 0 Å². The fourth-order valence-corrected chi connectivity index (χ4v) is 2.86. The van der Waals surface area contributed by atoms with Crippen LogP contribution in [0.5, 0.6) is 0 Å². The lowest BCUT2D eigenvalue weighted by molar-refractivity contribution is -0.136. The van der Waals surface area contributed by atoms with Crippen LogP contribution in [-0.2, 0) is 4.74 Å². The molecule has 1 aliphatic heterocycles. The number of aliphatic hydroxyl groups is 1. The van der Waals surface area contributed by atoms with Crippen LogP contribution in [-0.4, -0.2) is 23.4 Å². The van der Waals surface area contributed by atoms with Crippen LogP contribution in [0.15, 0.2) is 0 Å². The van der Waals surface area contributed by atoms with E-state index in [9.17, 15) is 5.11 Å². The summed E-state index contributed by atoms with van der Waals surface area (Å²) in [4.78, 5) is 0. The van der Waals surface area contributed by atoms with Crippen molar-refractivity contribution in [1.82, 2.24) is 0 Å². The maximum absolute atomic E-state index is 9.79. The van der Waals surface area contributed by atoms with Gasteiger partial charge in [0.05, 0.1) is 11.7 Å². The molecule has 2 heteroatoms. The molecule has 1 heterocycles. The van der Waals surface area contributed by atoms with Crippen LogP contribution in [0.4, 0.5) is 0 Å². The molecule has 0 spiro atoms. The molecular weight excluding hydrogens is 188 g/mol. The highest BCUT2D eigenvalue weighted by Crippen LogP contribution is 2.36. The van der Waals surface area contributed by atoms with Gasteiger partial charge in [0.2, 0.25) is 0 Å². The summed E-state index contributed by atoms with van der Waals surface area (Å²) in [6.07, 6.45) is 3.61. The van der Waals surface area contributed by atoms with E-state index < -0.39 is 0 Å². The van der Waals surface area contributed by atoms with Gasteiger partial charge in [-0.1, -0.05) is 27.7 Å². The Balaban J connectivity index is 2.65. The summed E-state index contributed by atoms with van der Waals surface area (Å²) >= 11 is 0. The highest BCUT2D eigenvalue weighted by molar-refractivity contribution is 4.88. The molecule has 0 aromatic rings. The number of rotatable bonds is 4. The van der Waals surface area contributed by atoms with E-state index in [1.165, 1.54) is 0 Å². The van der Waals surface area contributed by atoms with Gasteiger partial charge in [-0.05, 0) is 31.1 Å².